The molecule has 0 atom stereocenters. The largest absolute Gasteiger partial charge is 0.493 e. The first kappa shape index (κ1) is 18.0. The summed E-state index contributed by atoms with van der Waals surface area (Å²) < 4.78 is 10.9. The van der Waals surface area contributed by atoms with Gasteiger partial charge in [0.2, 0.25) is 0 Å². The average Bonchev–Trinajstić information content (AvgIpc) is 2.73. The van der Waals surface area contributed by atoms with E-state index < -0.39 is 0 Å². The fraction of sp³-hybridized carbons (Fsp3) is 0.0952. The third-order valence-corrected chi connectivity index (χ3v) is 4.59. The van der Waals surface area contributed by atoms with Gasteiger partial charge < -0.3 is 14.8 Å². The molecule has 2 heterocycles. The molecule has 4 rings (SSSR count). The number of ether oxygens (including phenoxy) is 2. The molecule has 0 amide bonds. The van der Waals surface area contributed by atoms with E-state index in [0.717, 1.165) is 16.6 Å². The molecule has 0 aliphatic heterocycles. The van der Waals surface area contributed by atoms with Crippen molar-refractivity contribution in [3.8, 4) is 22.9 Å². The SMILES string of the molecule is COc1cc2nc(-c3ccccc3Cl)nc(Nc3ccncc3)c2cc1OC. The lowest BCUT2D eigenvalue weighted by atomic mass is 10.1. The summed E-state index contributed by atoms with van der Waals surface area (Å²) in [6, 6.07) is 14.9. The van der Waals surface area contributed by atoms with E-state index >= 15 is 0 Å². The molecule has 0 unspecified atom stereocenters. The van der Waals surface area contributed by atoms with Crippen LogP contribution in [-0.4, -0.2) is 29.2 Å². The molecule has 28 heavy (non-hydrogen) atoms. The van der Waals surface area contributed by atoms with Gasteiger partial charge in [-0.05, 0) is 30.3 Å². The fourth-order valence-electron chi connectivity index (χ4n) is 2.89. The lowest BCUT2D eigenvalue weighted by molar-refractivity contribution is 0.356. The van der Waals surface area contributed by atoms with Gasteiger partial charge in [0, 0.05) is 35.1 Å². The summed E-state index contributed by atoms with van der Waals surface area (Å²) in [4.78, 5) is 13.5. The molecule has 140 valence electrons. The first-order valence-corrected chi connectivity index (χ1v) is 8.93. The van der Waals surface area contributed by atoms with Crippen LogP contribution in [0.4, 0.5) is 11.5 Å². The van der Waals surface area contributed by atoms with Crippen molar-refractivity contribution in [3.63, 3.8) is 0 Å². The van der Waals surface area contributed by atoms with Crippen LogP contribution in [0.3, 0.4) is 0 Å². The van der Waals surface area contributed by atoms with E-state index in [1.165, 1.54) is 0 Å². The molecule has 0 saturated carbocycles. The zero-order valence-corrected chi connectivity index (χ0v) is 16.1. The third-order valence-electron chi connectivity index (χ3n) is 4.26. The van der Waals surface area contributed by atoms with Crippen LogP contribution < -0.4 is 14.8 Å². The summed E-state index contributed by atoms with van der Waals surface area (Å²) in [5.74, 6) is 2.34. The van der Waals surface area contributed by atoms with E-state index in [2.05, 4.69) is 10.3 Å². The Morgan fingerprint density at radius 3 is 2.32 bits per heavy atom. The highest BCUT2D eigenvalue weighted by atomic mass is 35.5. The maximum Gasteiger partial charge on any atom is 0.163 e. The van der Waals surface area contributed by atoms with Crippen molar-refractivity contribution in [3.05, 3.63) is 65.9 Å². The van der Waals surface area contributed by atoms with Crippen molar-refractivity contribution in [1.29, 1.82) is 0 Å². The van der Waals surface area contributed by atoms with E-state index in [-0.39, 0.29) is 0 Å². The van der Waals surface area contributed by atoms with Crippen molar-refractivity contribution in [2.75, 3.05) is 19.5 Å². The monoisotopic (exact) mass is 392 g/mol. The highest BCUT2D eigenvalue weighted by Gasteiger charge is 2.15. The van der Waals surface area contributed by atoms with E-state index in [1.54, 1.807) is 26.6 Å². The zero-order chi connectivity index (χ0) is 19.5. The van der Waals surface area contributed by atoms with Crippen molar-refractivity contribution >= 4 is 34.0 Å². The molecular weight excluding hydrogens is 376 g/mol. The molecule has 0 radical (unpaired) electrons. The van der Waals surface area contributed by atoms with Crippen LogP contribution in [0.5, 0.6) is 11.5 Å². The van der Waals surface area contributed by atoms with Crippen LogP contribution in [0.2, 0.25) is 5.02 Å². The normalized spacial score (nSPS) is 10.7. The number of pyridine rings is 1. The van der Waals surface area contributed by atoms with E-state index in [4.69, 9.17) is 31.0 Å². The first-order chi connectivity index (χ1) is 13.7. The lowest BCUT2D eigenvalue weighted by Gasteiger charge is -2.14. The number of halogens is 1. The molecule has 4 aromatic rings. The average molecular weight is 393 g/mol. The van der Waals surface area contributed by atoms with Crippen molar-refractivity contribution in [1.82, 2.24) is 15.0 Å². The number of hydrogen-bond acceptors (Lipinski definition) is 6. The molecular formula is C21H17ClN4O2. The second kappa shape index (κ2) is 7.70. The van der Waals surface area contributed by atoms with Crippen LogP contribution in [0.15, 0.2) is 60.9 Å². The molecule has 0 fully saturated rings. The molecule has 7 heteroatoms. The molecule has 2 aromatic heterocycles. The van der Waals surface area contributed by atoms with Crippen LogP contribution in [0, 0.1) is 0 Å². The third kappa shape index (κ3) is 3.42. The first-order valence-electron chi connectivity index (χ1n) is 8.55. The molecule has 0 aliphatic rings. The molecule has 2 aromatic carbocycles. The summed E-state index contributed by atoms with van der Waals surface area (Å²) in [5.41, 5.74) is 2.31. The zero-order valence-electron chi connectivity index (χ0n) is 15.3. The number of rotatable bonds is 5. The Balaban J connectivity index is 1.96. The summed E-state index contributed by atoms with van der Waals surface area (Å²) in [5, 5.41) is 4.71. The predicted octanol–water partition coefficient (Wildman–Crippen LogP) is 5.11. The summed E-state index contributed by atoms with van der Waals surface area (Å²) in [7, 11) is 3.19. The maximum absolute atomic E-state index is 6.38. The summed E-state index contributed by atoms with van der Waals surface area (Å²) in [6.07, 6.45) is 3.43. The van der Waals surface area contributed by atoms with Gasteiger partial charge in [0.25, 0.3) is 0 Å². The number of fused-ring (bicyclic) bond motifs is 1. The highest BCUT2D eigenvalue weighted by Crippen LogP contribution is 2.36. The van der Waals surface area contributed by atoms with Gasteiger partial charge in [-0.15, -0.1) is 0 Å². The second-order valence-electron chi connectivity index (χ2n) is 5.96. The summed E-state index contributed by atoms with van der Waals surface area (Å²) in [6.45, 7) is 0. The fourth-order valence-corrected chi connectivity index (χ4v) is 3.11. The number of nitrogens with zero attached hydrogens (tertiary/aromatic N) is 3. The number of benzene rings is 2. The minimum atomic E-state index is 0.516. The predicted molar refractivity (Wildman–Crippen MR) is 111 cm³/mol. The van der Waals surface area contributed by atoms with Gasteiger partial charge in [-0.3, -0.25) is 4.98 Å². The number of aromatic nitrogens is 3. The molecule has 1 N–H and O–H groups in total. The van der Waals surface area contributed by atoms with Crippen molar-refractivity contribution in [2.45, 2.75) is 0 Å². The number of methoxy groups -OCH3 is 2. The van der Waals surface area contributed by atoms with Crippen LogP contribution in [0.25, 0.3) is 22.3 Å². The van der Waals surface area contributed by atoms with Crippen LogP contribution >= 0.6 is 11.6 Å². The molecule has 6 nitrogen and oxygen atoms in total. The smallest absolute Gasteiger partial charge is 0.163 e. The molecule has 0 saturated heterocycles. The van der Waals surface area contributed by atoms with E-state index in [9.17, 15) is 0 Å². The van der Waals surface area contributed by atoms with E-state index in [0.29, 0.717) is 33.7 Å². The molecule has 0 bridgehead atoms. The van der Waals surface area contributed by atoms with E-state index in [1.807, 2.05) is 48.5 Å². The van der Waals surface area contributed by atoms with Gasteiger partial charge >= 0.3 is 0 Å². The van der Waals surface area contributed by atoms with Gasteiger partial charge in [0.1, 0.15) is 5.82 Å². The summed E-state index contributed by atoms with van der Waals surface area (Å²) >= 11 is 6.38. The minimum absolute atomic E-state index is 0.516. The Morgan fingerprint density at radius 1 is 0.893 bits per heavy atom. The Kier molecular flexibility index (Phi) is 4.95. The Bertz CT molecular complexity index is 1140. The number of nitrogens with one attached hydrogen (secondary N) is 1. The number of anilines is 2. The standard InChI is InChI=1S/C21H17ClN4O2/c1-27-18-11-15-17(12-19(18)28-2)25-20(14-5-3-4-6-16(14)22)26-21(15)24-13-7-9-23-10-8-13/h3-12H,1-2H3,(H,23,24,25,26). The maximum atomic E-state index is 6.38. The quantitative estimate of drug-likeness (QED) is 0.509. The van der Waals surface area contributed by atoms with Crippen molar-refractivity contribution in [2.24, 2.45) is 0 Å². The van der Waals surface area contributed by atoms with Gasteiger partial charge in [0.05, 0.1) is 24.8 Å². The van der Waals surface area contributed by atoms with Crippen LogP contribution in [-0.2, 0) is 0 Å². The van der Waals surface area contributed by atoms with Crippen molar-refractivity contribution < 1.29 is 9.47 Å². The second-order valence-corrected chi connectivity index (χ2v) is 6.37. The van der Waals surface area contributed by atoms with Crippen LogP contribution in [0.1, 0.15) is 0 Å². The topological polar surface area (TPSA) is 69.2 Å². The Labute approximate surface area is 167 Å². The molecule has 0 spiro atoms. The highest BCUT2D eigenvalue weighted by molar-refractivity contribution is 6.33. The van der Waals surface area contributed by atoms with Gasteiger partial charge in [-0.2, -0.15) is 0 Å². The Hall–Kier alpha value is -3.38. The minimum Gasteiger partial charge on any atom is -0.493 e. The lowest BCUT2D eigenvalue weighted by Crippen LogP contribution is -2.01. The van der Waals surface area contributed by atoms with Gasteiger partial charge in [0.15, 0.2) is 17.3 Å². The Morgan fingerprint density at radius 2 is 1.61 bits per heavy atom. The van der Waals surface area contributed by atoms with Gasteiger partial charge in [-0.1, -0.05) is 23.7 Å². The molecule has 0 aliphatic carbocycles. The van der Waals surface area contributed by atoms with Gasteiger partial charge in [-0.25, -0.2) is 9.97 Å². The number of hydrogen-bond donors (Lipinski definition) is 1.